The third kappa shape index (κ3) is 4.14. The molecule has 1 fully saturated rings. The zero-order chi connectivity index (χ0) is 21.1. The largest absolute Gasteiger partial charge is 0.466 e. The van der Waals surface area contributed by atoms with Crippen LogP contribution >= 0.6 is 0 Å². The Morgan fingerprint density at radius 3 is 2.53 bits per heavy atom. The number of likely N-dealkylation sites (tertiary alicyclic amines) is 1. The second kappa shape index (κ2) is 8.79. The Balaban J connectivity index is 1.50. The smallest absolute Gasteiger partial charge is 0.309 e. The number of piperidine rings is 1. The molecule has 4 rings (SSSR count). The number of rotatable bonds is 5. The van der Waals surface area contributed by atoms with E-state index in [0.29, 0.717) is 19.0 Å². The molecule has 1 saturated heterocycles. The molecule has 2 aliphatic heterocycles. The van der Waals surface area contributed by atoms with Gasteiger partial charge in [0.05, 0.1) is 37.0 Å². The molecule has 156 valence electrons. The van der Waals surface area contributed by atoms with Crippen LogP contribution in [0.4, 0.5) is 11.4 Å². The number of amides is 1. The summed E-state index contributed by atoms with van der Waals surface area (Å²) in [7, 11) is 0. The third-order valence-corrected chi connectivity index (χ3v) is 5.87. The lowest BCUT2D eigenvalue weighted by Crippen LogP contribution is -3.14. The van der Waals surface area contributed by atoms with Crippen molar-refractivity contribution in [1.82, 2.24) is 0 Å². The minimum atomic E-state index is -0.0911. The molecule has 2 heterocycles. The number of ether oxygens (including phenoxy) is 1. The summed E-state index contributed by atoms with van der Waals surface area (Å²) < 4.78 is 5.16. The number of carbonyl (C=O) groups is 2. The van der Waals surface area contributed by atoms with Crippen LogP contribution in [-0.2, 0) is 14.3 Å². The summed E-state index contributed by atoms with van der Waals surface area (Å²) in [4.78, 5) is 33.1. The number of aryl methyl sites for hydroxylation is 1. The maximum Gasteiger partial charge on any atom is 0.309 e. The van der Waals surface area contributed by atoms with Gasteiger partial charge in [0.15, 0.2) is 6.67 Å². The Bertz CT molecular complexity index is 960. The predicted octanol–water partition coefficient (Wildman–Crippen LogP) is 2.28. The summed E-state index contributed by atoms with van der Waals surface area (Å²) in [5, 5.41) is 0. The normalized spacial score (nSPS) is 22.3. The summed E-state index contributed by atoms with van der Waals surface area (Å²) in [6, 6.07) is 15.7. The molecule has 1 amide bonds. The molecule has 2 aromatic rings. The zero-order valence-corrected chi connectivity index (χ0v) is 17.6. The quantitative estimate of drug-likeness (QED) is 0.775. The van der Waals surface area contributed by atoms with Crippen molar-refractivity contribution in [2.24, 2.45) is 10.9 Å². The van der Waals surface area contributed by atoms with Crippen molar-refractivity contribution in [3.05, 3.63) is 59.7 Å². The summed E-state index contributed by atoms with van der Waals surface area (Å²) in [6.07, 6.45) is 1.59. The Hall–Kier alpha value is -2.99. The van der Waals surface area contributed by atoms with E-state index in [0.717, 1.165) is 48.4 Å². The lowest BCUT2D eigenvalue weighted by Gasteiger charge is -2.30. The molecule has 0 radical (unpaired) electrons. The van der Waals surface area contributed by atoms with Crippen molar-refractivity contribution in [3.8, 4) is 0 Å². The molecule has 6 nitrogen and oxygen atoms in total. The Morgan fingerprint density at radius 1 is 1.13 bits per heavy atom. The van der Waals surface area contributed by atoms with Crippen LogP contribution in [0.2, 0.25) is 0 Å². The number of fused-ring (bicyclic) bond motifs is 1. The van der Waals surface area contributed by atoms with Crippen molar-refractivity contribution in [2.75, 3.05) is 31.3 Å². The maximum absolute atomic E-state index is 13.3. The molecule has 2 aromatic carbocycles. The van der Waals surface area contributed by atoms with Crippen LogP contribution in [0.3, 0.4) is 0 Å². The standard InChI is InChI=1S/C24H27N3O3/c1-3-30-24(29)18-12-14-26(15-13-18)16-27-21-7-5-4-6-20(21)22(23(27)28)25-19-10-8-17(2)9-11-19/h4-11,18H,3,12-16H2,1-2H3/p+1. The van der Waals surface area contributed by atoms with Gasteiger partial charge in [-0.2, -0.15) is 0 Å². The Morgan fingerprint density at radius 2 is 1.83 bits per heavy atom. The van der Waals surface area contributed by atoms with Crippen LogP contribution in [0.25, 0.3) is 0 Å². The molecule has 30 heavy (non-hydrogen) atoms. The minimum absolute atomic E-state index is 0.0195. The molecule has 0 bridgehead atoms. The zero-order valence-electron chi connectivity index (χ0n) is 17.6. The van der Waals surface area contributed by atoms with Gasteiger partial charge in [-0.05, 0) is 32.0 Å². The molecule has 1 N–H and O–H groups in total. The highest BCUT2D eigenvalue weighted by atomic mass is 16.5. The van der Waals surface area contributed by atoms with Crippen molar-refractivity contribution in [2.45, 2.75) is 26.7 Å². The fourth-order valence-corrected chi connectivity index (χ4v) is 4.18. The summed E-state index contributed by atoms with van der Waals surface area (Å²) in [5.74, 6) is -0.169. The lowest BCUT2D eigenvalue weighted by atomic mass is 9.97. The van der Waals surface area contributed by atoms with Gasteiger partial charge >= 0.3 is 5.97 Å². The fourth-order valence-electron chi connectivity index (χ4n) is 4.18. The SMILES string of the molecule is CCOC(=O)C1CC[NH+](CN2C(=O)C(=Nc3ccc(C)cc3)c3ccccc32)CC1. The van der Waals surface area contributed by atoms with Crippen LogP contribution < -0.4 is 9.80 Å². The van der Waals surface area contributed by atoms with Gasteiger partial charge in [0.2, 0.25) is 0 Å². The highest BCUT2D eigenvalue weighted by molar-refractivity contribution is 6.54. The first-order valence-electron chi connectivity index (χ1n) is 10.6. The van der Waals surface area contributed by atoms with E-state index in [1.165, 1.54) is 4.90 Å². The minimum Gasteiger partial charge on any atom is -0.466 e. The Kier molecular flexibility index (Phi) is 5.95. The summed E-state index contributed by atoms with van der Waals surface area (Å²) in [6.45, 7) is 6.57. The topological polar surface area (TPSA) is 63.4 Å². The monoisotopic (exact) mass is 406 g/mol. The number of quaternary nitrogens is 1. The number of para-hydroxylation sites is 1. The third-order valence-electron chi connectivity index (χ3n) is 5.87. The van der Waals surface area contributed by atoms with Gasteiger partial charge in [-0.25, -0.2) is 4.99 Å². The van der Waals surface area contributed by atoms with E-state index in [1.54, 1.807) is 0 Å². The van der Waals surface area contributed by atoms with Crippen molar-refractivity contribution >= 4 is 29.0 Å². The number of hydrogen-bond donors (Lipinski definition) is 1. The van der Waals surface area contributed by atoms with Crippen LogP contribution in [-0.4, -0.2) is 44.0 Å². The van der Waals surface area contributed by atoms with E-state index < -0.39 is 0 Å². The average Bonchev–Trinajstić information content (AvgIpc) is 3.02. The lowest BCUT2D eigenvalue weighted by molar-refractivity contribution is -0.904. The molecular formula is C24H28N3O3+. The van der Waals surface area contributed by atoms with Gasteiger partial charge < -0.3 is 9.64 Å². The van der Waals surface area contributed by atoms with Crippen LogP contribution in [0.5, 0.6) is 0 Å². The molecule has 2 aliphatic rings. The number of anilines is 1. The number of nitrogens with zero attached hydrogens (tertiary/aromatic N) is 2. The van der Waals surface area contributed by atoms with E-state index in [-0.39, 0.29) is 17.8 Å². The predicted molar refractivity (Wildman–Crippen MR) is 116 cm³/mol. The highest BCUT2D eigenvalue weighted by Crippen LogP contribution is 2.30. The molecule has 0 aromatic heterocycles. The van der Waals surface area contributed by atoms with Crippen LogP contribution in [0, 0.1) is 12.8 Å². The molecule has 0 atom stereocenters. The summed E-state index contributed by atoms with van der Waals surface area (Å²) in [5.41, 5.74) is 4.23. The Labute approximate surface area is 177 Å². The van der Waals surface area contributed by atoms with Crippen molar-refractivity contribution in [3.63, 3.8) is 0 Å². The fraction of sp³-hybridized carbons (Fsp3) is 0.375. The van der Waals surface area contributed by atoms with Gasteiger partial charge in [0, 0.05) is 18.4 Å². The molecule has 0 saturated carbocycles. The van der Waals surface area contributed by atoms with Crippen molar-refractivity contribution < 1.29 is 19.2 Å². The maximum atomic E-state index is 13.3. The van der Waals surface area contributed by atoms with Gasteiger partial charge in [0.1, 0.15) is 5.71 Å². The second-order valence-electron chi connectivity index (χ2n) is 7.98. The van der Waals surface area contributed by atoms with E-state index in [2.05, 4.69) is 4.99 Å². The molecular weight excluding hydrogens is 378 g/mol. The van der Waals surface area contributed by atoms with Crippen LogP contribution in [0.1, 0.15) is 30.9 Å². The average molecular weight is 407 g/mol. The first-order chi connectivity index (χ1) is 14.6. The highest BCUT2D eigenvalue weighted by Gasteiger charge is 2.37. The van der Waals surface area contributed by atoms with Crippen LogP contribution in [0.15, 0.2) is 53.5 Å². The van der Waals surface area contributed by atoms with E-state index in [4.69, 9.17) is 4.74 Å². The van der Waals surface area contributed by atoms with Gasteiger partial charge in [-0.3, -0.25) is 14.5 Å². The van der Waals surface area contributed by atoms with E-state index >= 15 is 0 Å². The van der Waals surface area contributed by atoms with Crippen molar-refractivity contribution in [1.29, 1.82) is 0 Å². The van der Waals surface area contributed by atoms with Gasteiger partial charge in [-0.15, -0.1) is 0 Å². The van der Waals surface area contributed by atoms with E-state index in [9.17, 15) is 9.59 Å². The number of nitrogens with one attached hydrogen (secondary N) is 1. The molecule has 0 spiro atoms. The first kappa shape index (κ1) is 20.3. The molecule has 6 heteroatoms. The summed E-state index contributed by atoms with van der Waals surface area (Å²) >= 11 is 0. The number of esters is 1. The molecule has 0 unspecified atom stereocenters. The van der Waals surface area contributed by atoms with Gasteiger partial charge in [0.25, 0.3) is 5.91 Å². The number of hydrogen-bond acceptors (Lipinski definition) is 4. The van der Waals surface area contributed by atoms with Gasteiger partial charge in [-0.1, -0.05) is 35.9 Å². The first-order valence-corrected chi connectivity index (χ1v) is 10.6. The number of aliphatic imine (C=N–C) groups is 1. The number of carbonyl (C=O) groups excluding carboxylic acids is 2. The van der Waals surface area contributed by atoms with E-state index in [1.807, 2.05) is 67.3 Å². The molecule has 0 aliphatic carbocycles. The second-order valence-corrected chi connectivity index (χ2v) is 7.98. The number of benzene rings is 2.